The zero-order chi connectivity index (χ0) is 36.6. The molecule has 0 spiro atoms. The fraction of sp³-hybridized carbons (Fsp3) is 0.239. The average molecular weight is 676 g/mol. The third kappa shape index (κ3) is 11.3. The number of nitrogens with zero attached hydrogens (tertiary/aromatic N) is 2. The molecule has 0 heterocycles. The molecule has 2 aliphatic carbocycles. The van der Waals surface area contributed by atoms with Gasteiger partial charge in [0.1, 0.15) is 6.17 Å². The molecule has 4 N–H and O–H groups in total. The van der Waals surface area contributed by atoms with Crippen molar-refractivity contribution >= 4 is 24.0 Å². The fourth-order valence-corrected chi connectivity index (χ4v) is 6.14. The molecule has 262 valence electrons. The summed E-state index contributed by atoms with van der Waals surface area (Å²) in [6.07, 6.45) is 28.4. The molecule has 2 aromatic carbocycles. The molecule has 0 bridgehead atoms. The van der Waals surface area contributed by atoms with Crippen molar-refractivity contribution in [2.24, 2.45) is 33.5 Å². The van der Waals surface area contributed by atoms with Crippen LogP contribution in [0.25, 0.3) is 0 Å². The first-order valence-electron chi connectivity index (χ1n) is 17.7. The second-order valence-electron chi connectivity index (χ2n) is 13.0. The van der Waals surface area contributed by atoms with Crippen molar-refractivity contribution in [2.75, 3.05) is 11.9 Å². The maximum absolute atomic E-state index is 7.90. The van der Waals surface area contributed by atoms with Crippen LogP contribution in [-0.4, -0.2) is 31.0 Å². The highest BCUT2D eigenvalue weighted by Gasteiger charge is 2.27. The Bertz CT molecular complexity index is 1820. The number of nitrogens with two attached hydrogens (primary N) is 1. The topological polar surface area (TPSA) is 86.6 Å². The predicted octanol–water partition coefficient (Wildman–Crippen LogP) is 10.6. The molecule has 2 aliphatic rings. The summed E-state index contributed by atoms with van der Waals surface area (Å²) >= 11 is 0. The van der Waals surface area contributed by atoms with Crippen LogP contribution in [-0.2, 0) is 0 Å². The minimum atomic E-state index is -0.562. The van der Waals surface area contributed by atoms with E-state index in [0.29, 0.717) is 12.3 Å². The Balaban J connectivity index is 1.56. The molecular formula is C46H53N5. The lowest BCUT2D eigenvalue weighted by Crippen LogP contribution is -2.28. The molecule has 4 atom stereocenters. The Labute approximate surface area is 305 Å². The van der Waals surface area contributed by atoms with Crippen LogP contribution >= 0.6 is 0 Å². The number of hydrogen-bond donors (Lipinski definition) is 3. The van der Waals surface area contributed by atoms with E-state index in [9.17, 15) is 0 Å². The Hall–Kier alpha value is -5.39. The summed E-state index contributed by atoms with van der Waals surface area (Å²) in [6.45, 7) is 19.6. The number of benzene rings is 2. The van der Waals surface area contributed by atoms with E-state index >= 15 is 0 Å². The zero-order valence-electron chi connectivity index (χ0n) is 30.4. The van der Waals surface area contributed by atoms with E-state index in [1.165, 1.54) is 22.9 Å². The van der Waals surface area contributed by atoms with Crippen LogP contribution < -0.4 is 11.1 Å². The summed E-state index contributed by atoms with van der Waals surface area (Å²) in [5, 5.41) is 11.5. The average Bonchev–Trinajstić information content (AvgIpc) is 3.16. The lowest BCUT2D eigenvalue weighted by atomic mass is 9.75. The predicted molar refractivity (Wildman–Crippen MR) is 222 cm³/mol. The summed E-state index contributed by atoms with van der Waals surface area (Å²) in [6, 6.07) is 18.4. The third-order valence-corrected chi connectivity index (χ3v) is 9.25. The van der Waals surface area contributed by atoms with Gasteiger partial charge in [-0.25, -0.2) is 9.98 Å². The number of nitrogens with one attached hydrogen (secondary N) is 2. The SMILES string of the molecule is C=CC(=C\C(=C)C1=CC(C2=CC(C=C)C(C(CC=N)CNc3ccc(C)cc3)C=C2)=CCC1)/C(=N/C(N)/C(C)=C/C=C\C)/N=C/c1ccccc1. The Morgan fingerprint density at radius 2 is 1.86 bits per heavy atom. The summed E-state index contributed by atoms with van der Waals surface area (Å²) in [5.74, 6) is 1.15. The van der Waals surface area contributed by atoms with Gasteiger partial charge in [0.2, 0.25) is 0 Å². The van der Waals surface area contributed by atoms with Gasteiger partial charge in [-0.05, 0) is 110 Å². The maximum Gasteiger partial charge on any atom is 0.156 e. The molecule has 0 aromatic heterocycles. The number of allylic oxidation sites excluding steroid dienone is 14. The molecule has 0 saturated carbocycles. The van der Waals surface area contributed by atoms with Crippen molar-refractivity contribution in [1.82, 2.24) is 0 Å². The van der Waals surface area contributed by atoms with Gasteiger partial charge in [-0.1, -0.05) is 122 Å². The van der Waals surface area contributed by atoms with Crippen LogP contribution in [0, 0.1) is 30.1 Å². The van der Waals surface area contributed by atoms with Gasteiger partial charge in [0.25, 0.3) is 0 Å². The molecule has 51 heavy (non-hydrogen) atoms. The van der Waals surface area contributed by atoms with Crippen LogP contribution in [0.1, 0.15) is 44.2 Å². The first-order valence-corrected chi connectivity index (χ1v) is 17.7. The number of anilines is 1. The number of hydrogen-bond acceptors (Lipinski definition) is 4. The monoisotopic (exact) mass is 675 g/mol. The van der Waals surface area contributed by atoms with Gasteiger partial charge >= 0.3 is 0 Å². The molecule has 5 nitrogen and oxygen atoms in total. The van der Waals surface area contributed by atoms with E-state index in [0.717, 1.165) is 52.9 Å². The summed E-state index contributed by atoms with van der Waals surface area (Å²) < 4.78 is 0. The molecule has 0 radical (unpaired) electrons. The standard InChI is InChI=1S/C46H53N5/c1-7-10-15-34(5)45(48)51-46(50-31-36-16-12-11-13-17-36)38(9-3)28-35(6)39-18-14-19-40(30-39)41-22-25-44(37(8-2)29-41)42(26-27-47)32-49-43-23-20-33(4)21-24-43/h7-13,15-17,19-25,27-31,37,42,44-45,47,49H,2-3,6,14,18,26,32,48H2,1,4-5H3/b10-7-,34-15+,38-28+,47-27?,50-31+,51-46-. The van der Waals surface area contributed by atoms with Crippen molar-refractivity contribution in [2.45, 2.75) is 46.2 Å². The largest absolute Gasteiger partial charge is 0.385 e. The van der Waals surface area contributed by atoms with Crippen molar-refractivity contribution in [3.8, 4) is 0 Å². The van der Waals surface area contributed by atoms with Crippen LogP contribution in [0.3, 0.4) is 0 Å². The highest BCUT2D eigenvalue weighted by Crippen LogP contribution is 2.36. The van der Waals surface area contributed by atoms with Crippen molar-refractivity contribution in [3.63, 3.8) is 0 Å². The first kappa shape index (κ1) is 38.4. The zero-order valence-corrected chi connectivity index (χ0v) is 30.4. The van der Waals surface area contributed by atoms with E-state index < -0.39 is 6.17 Å². The number of rotatable bonds is 16. The second kappa shape index (κ2) is 19.7. The van der Waals surface area contributed by atoms with E-state index in [-0.39, 0.29) is 17.8 Å². The molecule has 0 amide bonds. The molecule has 0 aliphatic heterocycles. The van der Waals surface area contributed by atoms with Crippen molar-refractivity contribution in [1.29, 1.82) is 5.41 Å². The van der Waals surface area contributed by atoms with E-state index in [4.69, 9.17) is 21.1 Å². The van der Waals surface area contributed by atoms with Gasteiger partial charge in [0.05, 0.1) is 0 Å². The first-order chi connectivity index (χ1) is 24.8. The van der Waals surface area contributed by atoms with Gasteiger partial charge < -0.3 is 16.5 Å². The van der Waals surface area contributed by atoms with Crippen LogP contribution in [0.2, 0.25) is 0 Å². The molecular weight excluding hydrogens is 623 g/mol. The van der Waals surface area contributed by atoms with Gasteiger partial charge in [-0.2, -0.15) is 0 Å². The van der Waals surface area contributed by atoms with Crippen LogP contribution in [0.4, 0.5) is 5.69 Å². The molecule has 0 saturated heterocycles. The number of aliphatic imine (C=N–C) groups is 2. The van der Waals surface area contributed by atoms with E-state index in [2.05, 4.69) is 86.6 Å². The van der Waals surface area contributed by atoms with Gasteiger partial charge in [0.15, 0.2) is 5.84 Å². The maximum atomic E-state index is 7.90. The normalized spacial score (nSPS) is 19.6. The van der Waals surface area contributed by atoms with Gasteiger partial charge in [-0.3, -0.25) is 0 Å². The lowest BCUT2D eigenvalue weighted by Gasteiger charge is -2.32. The summed E-state index contributed by atoms with van der Waals surface area (Å²) in [4.78, 5) is 9.61. The summed E-state index contributed by atoms with van der Waals surface area (Å²) in [7, 11) is 0. The Morgan fingerprint density at radius 1 is 1.10 bits per heavy atom. The third-order valence-electron chi connectivity index (χ3n) is 9.25. The number of amidine groups is 1. The van der Waals surface area contributed by atoms with E-state index in [1.54, 1.807) is 12.3 Å². The van der Waals surface area contributed by atoms with Gasteiger partial charge in [-0.15, -0.1) is 6.58 Å². The lowest BCUT2D eigenvalue weighted by molar-refractivity contribution is 0.376. The Morgan fingerprint density at radius 3 is 2.55 bits per heavy atom. The fourth-order valence-electron chi connectivity index (χ4n) is 6.14. The van der Waals surface area contributed by atoms with E-state index in [1.807, 2.05) is 74.6 Å². The van der Waals surface area contributed by atoms with Crippen LogP contribution in [0.5, 0.6) is 0 Å². The van der Waals surface area contributed by atoms with Crippen LogP contribution in [0.15, 0.2) is 185 Å². The highest BCUT2D eigenvalue weighted by molar-refractivity contribution is 6.07. The quantitative estimate of drug-likeness (QED) is 0.0716. The molecule has 4 rings (SSSR count). The van der Waals surface area contributed by atoms with Crippen molar-refractivity contribution in [3.05, 3.63) is 186 Å². The molecule has 0 fully saturated rings. The Kier molecular flexibility index (Phi) is 14.8. The molecule has 2 aromatic rings. The number of aryl methyl sites for hydroxylation is 1. The smallest absolute Gasteiger partial charge is 0.156 e. The highest BCUT2D eigenvalue weighted by atomic mass is 15.0. The minimum Gasteiger partial charge on any atom is -0.385 e. The van der Waals surface area contributed by atoms with Gasteiger partial charge in [0, 0.05) is 29.9 Å². The van der Waals surface area contributed by atoms with Crippen molar-refractivity contribution < 1.29 is 0 Å². The molecule has 5 heteroatoms. The molecule has 4 unspecified atom stereocenters. The second-order valence-corrected chi connectivity index (χ2v) is 13.0. The minimum absolute atomic E-state index is 0.153. The summed E-state index contributed by atoms with van der Waals surface area (Å²) in [5.41, 5.74) is 15.9.